The molecular formula is C26H24ClN3O4S. The number of pyridine rings is 1. The van der Waals surface area contributed by atoms with Gasteiger partial charge in [0.15, 0.2) is 0 Å². The van der Waals surface area contributed by atoms with E-state index in [0.717, 1.165) is 4.57 Å². The van der Waals surface area contributed by atoms with E-state index in [1.54, 1.807) is 74.5 Å². The number of hydrogen-bond acceptors (Lipinski definition) is 5. The van der Waals surface area contributed by atoms with Crippen molar-refractivity contribution in [1.29, 1.82) is 0 Å². The summed E-state index contributed by atoms with van der Waals surface area (Å²) in [6, 6.07) is 19.7. The lowest BCUT2D eigenvalue weighted by Gasteiger charge is -2.19. The first-order valence-corrected chi connectivity index (χ1v) is 12.9. The van der Waals surface area contributed by atoms with Crippen molar-refractivity contribution in [2.24, 2.45) is 4.99 Å². The van der Waals surface area contributed by atoms with Gasteiger partial charge in [0.2, 0.25) is 15.9 Å². The fourth-order valence-electron chi connectivity index (χ4n) is 3.89. The van der Waals surface area contributed by atoms with Crippen LogP contribution in [0.3, 0.4) is 0 Å². The van der Waals surface area contributed by atoms with E-state index in [-0.39, 0.29) is 16.5 Å². The molecule has 0 aliphatic heterocycles. The molecule has 35 heavy (non-hydrogen) atoms. The quantitative estimate of drug-likeness (QED) is 0.349. The van der Waals surface area contributed by atoms with Gasteiger partial charge in [-0.25, -0.2) is 13.0 Å². The van der Waals surface area contributed by atoms with Crippen LogP contribution in [0, 0.1) is 0 Å². The minimum absolute atomic E-state index is 0.0366. The second-order valence-electron chi connectivity index (χ2n) is 7.74. The predicted octanol–water partition coefficient (Wildman–Crippen LogP) is 5.13. The molecule has 0 spiro atoms. The Kier molecular flexibility index (Phi) is 7.07. The SMILES string of the molecule is CCN(CC)S(=O)(=O)c1cccc(-n2c(O)c(C=Nc3ccc(Cl)cc3)c3ccccc3c2=O)c1. The molecule has 1 N–H and O–H groups in total. The molecule has 0 aliphatic rings. The number of aromatic hydroxyl groups is 1. The number of rotatable bonds is 7. The molecule has 7 nitrogen and oxygen atoms in total. The Hall–Kier alpha value is -3.46. The summed E-state index contributed by atoms with van der Waals surface area (Å²) in [6.45, 7) is 4.15. The van der Waals surface area contributed by atoms with Crippen LogP contribution in [-0.4, -0.2) is 41.7 Å². The third kappa shape index (κ3) is 4.73. The molecule has 180 valence electrons. The molecule has 0 atom stereocenters. The molecule has 0 radical (unpaired) electrons. The maximum Gasteiger partial charge on any atom is 0.265 e. The maximum atomic E-state index is 13.4. The summed E-state index contributed by atoms with van der Waals surface area (Å²) in [5.74, 6) is -0.344. The number of sulfonamides is 1. The predicted molar refractivity (Wildman–Crippen MR) is 140 cm³/mol. The monoisotopic (exact) mass is 509 g/mol. The molecule has 0 saturated heterocycles. The van der Waals surface area contributed by atoms with Gasteiger partial charge in [0.25, 0.3) is 5.56 Å². The van der Waals surface area contributed by atoms with Crippen LogP contribution in [0.4, 0.5) is 5.69 Å². The van der Waals surface area contributed by atoms with Crippen LogP contribution >= 0.6 is 11.6 Å². The highest BCUT2D eigenvalue weighted by Crippen LogP contribution is 2.28. The van der Waals surface area contributed by atoms with E-state index < -0.39 is 15.6 Å². The molecule has 4 aromatic rings. The van der Waals surface area contributed by atoms with Crippen LogP contribution in [0.2, 0.25) is 5.02 Å². The Balaban J connectivity index is 1.93. The fourth-order valence-corrected chi connectivity index (χ4v) is 5.51. The van der Waals surface area contributed by atoms with Crippen molar-refractivity contribution in [3.05, 3.63) is 93.7 Å². The molecule has 0 amide bonds. The van der Waals surface area contributed by atoms with Gasteiger partial charge in [0.1, 0.15) is 0 Å². The Morgan fingerprint density at radius 2 is 1.63 bits per heavy atom. The van der Waals surface area contributed by atoms with E-state index >= 15 is 0 Å². The summed E-state index contributed by atoms with van der Waals surface area (Å²) in [4.78, 5) is 17.9. The maximum absolute atomic E-state index is 13.4. The number of fused-ring (bicyclic) bond motifs is 1. The largest absolute Gasteiger partial charge is 0.494 e. The molecule has 0 fully saturated rings. The van der Waals surface area contributed by atoms with Crippen molar-refractivity contribution in [3.63, 3.8) is 0 Å². The molecule has 0 saturated carbocycles. The van der Waals surface area contributed by atoms with Crippen molar-refractivity contribution in [2.45, 2.75) is 18.7 Å². The van der Waals surface area contributed by atoms with E-state index in [1.807, 2.05) is 0 Å². The normalized spacial score (nSPS) is 12.1. The highest BCUT2D eigenvalue weighted by Gasteiger charge is 2.23. The van der Waals surface area contributed by atoms with E-state index in [4.69, 9.17) is 11.6 Å². The third-order valence-corrected chi connectivity index (χ3v) is 7.99. The number of nitrogens with zero attached hydrogens (tertiary/aromatic N) is 3. The Bertz CT molecular complexity index is 1580. The van der Waals surface area contributed by atoms with Crippen LogP contribution in [-0.2, 0) is 10.0 Å². The average molecular weight is 510 g/mol. The van der Waals surface area contributed by atoms with Crippen molar-refractivity contribution in [2.75, 3.05) is 13.1 Å². The molecule has 4 rings (SSSR count). The second-order valence-corrected chi connectivity index (χ2v) is 10.1. The molecular weight excluding hydrogens is 486 g/mol. The van der Waals surface area contributed by atoms with Crippen LogP contribution < -0.4 is 5.56 Å². The first-order chi connectivity index (χ1) is 16.8. The standard InChI is InChI=1S/C26H24ClN3O4S/c1-3-29(4-2)35(33,34)21-9-7-8-20(16-21)30-25(31)23-11-6-5-10-22(23)24(26(30)32)17-28-19-14-12-18(27)13-15-19/h5-17,32H,3-4H2,1-2H3. The van der Waals surface area contributed by atoms with E-state index in [0.29, 0.717) is 40.1 Å². The average Bonchev–Trinajstić information content (AvgIpc) is 2.86. The van der Waals surface area contributed by atoms with Crippen molar-refractivity contribution in [3.8, 4) is 11.6 Å². The Labute approximate surface area is 208 Å². The first kappa shape index (κ1) is 24.7. The number of halogens is 1. The van der Waals surface area contributed by atoms with Crippen molar-refractivity contribution < 1.29 is 13.5 Å². The lowest BCUT2D eigenvalue weighted by Crippen LogP contribution is -2.30. The van der Waals surface area contributed by atoms with E-state index in [9.17, 15) is 18.3 Å². The lowest BCUT2D eigenvalue weighted by atomic mass is 10.1. The van der Waals surface area contributed by atoms with Crippen LogP contribution in [0.1, 0.15) is 19.4 Å². The molecule has 0 aliphatic carbocycles. The topological polar surface area (TPSA) is 92.0 Å². The molecule has 3 aromatic carbocycles. The smallest absolute Gasteiger partial charge is 0.265 e. The second kappa shape index (κ2) is 10.0. The number of benzene rings is 3. The zero-order valence-electron chi connectivity index (χ0n) is 19.2. The minimum Gasteiger partial charge on any atom is -0.494 e. The Morgan fingerprint density at radius 1 is 0.971 bits per heavy atom. The van der Waals surface area contributed by atoms with Gasteiger partial charge in [-0.1, -0.05) is 49.7 Å². The number of aliphatic imine (C=N–C) groups is 1. The van der Waals surface area contributed by atoms with Gasteiger partial charge in [0, 0.05) is 35.1 Å². The van der Waals surface area contributed by atoms with Gasteiger partial charge in [-0.15, -0.1) is 0 Å². The highest BCUT2D eigenvalue weighted by molar-refractivity contribution is 7.89. The first-order valence-electron chi connectivity index (χ1n) is 11.0. The third-order valence-electron chi connectivity index (χ3n) is 5.69. The lowest BCUT2D eigenvalue weighted by molar-refractivity contribution is 0.435. The highest BCUT2D eigenvalue weighted by atomic mass is 35.5. The Morgan fingerprint density at radius 3 is 2.29 bits per heavy atom. The van der Waals surface area contributed by atoms with Gasteiger partial charge in [-0.3, -0.25) is 9.79 Å². The van der Waals surface area contributed by atoms with Crippen LogP contribution in [0.5, 0.6) is 5.88 Å². The summed E-state index contributed by atoms with van der Waals surface area (Å²) < 4.78 is 28.5. The molecule has 0 bridgehead atoms. The van der Waals surface area contributed by atoms with Gasteiger partial charge < -0.3 is 5.11 Å². The summed E-state index contributed by atoms with van der Waals surface area (Å²) in [7, 11) is -3.76. The zero-order chi connectivity index (χ0) is 25.2. The summed E-state index contributed by atoms with van der Waals surface area (Å²) in [5.41, 5.74) is 0.696. The van der Waals surface area contributed by atoms with Crippen LogP contribution in [0.25, 0.3) is 16.5 Å². The van der Waals surface area contributed by atoms with Gasteiger partial charge >= 0.3 is 0 Å². The van der Waals surface area contributed by atoms with Gasteiger partial charge in [-0.05, 0) is 48.5 Å². The van der Waals surface area contributed by atoms with E-state index in [1.165, 1.54) is 22.7 Å². The van der Waals surface area contributed by atoms with E-state index in [2.05, 4.69) is 4.99 Å². The minimum atomic E-state index is -3.76. The molecule has 0 unspecified atom stereocenters. The molecule has 9 heteroatoms. The molecule has 1 aromatic heterocycles. The van der Waals surface area contributed by atoms with Gasteiger partial charge in [0.05, 0.1) is 21.8 Å². The fraction of sp³-hybridized carbons (Fsp3) is 0.154. The zero-order valence-corrected chi connectivity index (χ0v) is 20.8. The van der Waals surface area contributed by atoms with Gasteiger partial charge in [-0.2, -0.15) is 4.31 Å². The van der Waals surface area contributed by atoms with Crippen LogP contribution in [0.15, 0.2) is 87.5 Å². The number of aromatic nitrogens is 1. The molecule has 1 heterocycles. The summed E-state index contributed by atoms with van der Waals surface area (Å²) >= 11 is 5.95. The summed E-state index contributed by atoms with van der Waals surface area (Å²) in [5, 5.41) is 12.7. The van der Waals surface area contributed by atoms with Crippen molar-refractivity contribution >= 4 is 44.3 Å². The number of hydrogen-bond donors (Lipinski definition) is 1. The van der Waals surface area contributed by atoms with Crippen molar-refractivity contribution in [1.82, 2.24) is 8.87 Å². The summed E-state index contributed by atoms with van der Waals surface area (Å²) in [6.07, 6.45) is 1.48.